The highest BCUT2D eigenvalue weighted by atomic mass is 35.5. The molecule has 1 aliphatic carbocycles. The number of nitrogens with zero attached hydrogens (tertiary/aromatic N) is 5. The molecule has 0 radical (unpaired) electrons. The molecule has 2 aromatic rings. The third kappa shape index (κ3) is 2.92. The van der Waals surface area contributed by atoms with Gasteiger partial charge in [0.2, 0.25) is 0 Å². The Labute approximate surface area is 145 Å². The molecule has 128 valence electrons. The highest BCUT2D eigenvalue weighted by Crippen LogP contribution is 2.38. The predicted molar refractivity (Wildman–Crippen MR) is 89.1 cm³/mol. The number of hydrogen-bond donors (Lipinski definition) is 1. The van der Waals surface area contributed by atoms with E-state index in [1.807, 2.05) is 11.8 Å². The molecule has 2 aliphatic rings. The maximum Gasteiger partial charge on any atom is 0.275 e. The fraction of sp³-hybridized carbons (Fsp3) is 0.625. The van der Waals surface area contributed by atoms with Gasteiger partial charge in [-0.2, -0.15) is 10.2 Å². The molecule has 0 aromatic carbocycles. The van der Waals surface area contributed by atoms with Crippen molar-refractivity contribution in [3.05, 3.63) is 28.6 Å². The molecule has 4 rings (SSSR count). The average Bonchev–Trinajstić information content (AvgIpc) is 3.21. The number of likely N-dealkylation sites (tertiary alicyclic amines) is 1. The summed E-state index contributed by atoms with van der Waals surface area (Å²) in [7, 11) is 0. The van der Waals surface area contributed by atoms with Crippen LogP contribution in [0.15, 0.2) is 6.20 Å². The Balaban J connectivity index is 1.49. The minimum absolute atomic E-state index is 0.102. The van der Waals surface area contributed by atoms with E-state index in [4.69, 9.17) is 11.6 Å². The summed E-state index contributed by atoms with van der Waals surface area (Å²) in [6.07, 6.45) is 6.04. The molecule has 1 amide bonds. The number of carbonyl (C=O) groups is 1. The molecule has 1 aliphatic heterocycles. The first kappa shape index (κ1) is 15.6. The maximum atomic E-state index is 12.8. The van der Waals surface area contributed by atoms with E-state index in [0.717, 1.165) is 31.0 Å². The van der Waals surface area contributed by atoms with Gasteiger partial charge in [-0.25, -0.2) is 4.98 Å². The van der Waals surface area contributed by atoms with E-state index < -0.39 is 0 Å². The molecule has 3 heterocycles. The summed E-state index contributed by atoms with van der Waals surface area (Å²) in [5.74, 6) is 2.47. The van der Waals surface area contributed by atoms with E-state index in [2.05, 4.69) is 20.3 Å². The zero-order chi connectivity index (χ0) is 16.7. The fourth-order valence-electron chi connectivity index (χ4n) is 3.24. The molecule has 7 nitrogen and oxygen atoms in total. The van der Waals surface area contributed by atoms with Gasteiger partial charge in [0.25, 0.3) is 5.91 Å². The van der Waals surface area contributed by atoms with E-state index in [1.165, 1.54) is 12.8 Å². The Kier molecular flexibility index (Phi) is 4.04. The van der Waals surface area contributed by atoms with E-state index in [-0.39, 0.29) is 11.8 Å². The summed E-state index contributed by atoms with van der Waals surface area (Å²) in [5.41, 5.74) is 0.341. The number of aromatic amines is 1. The van der Waals surface area contributed by atoms with Gasteiger partial charge >= 0.3 is 0 Å². The normalized spacial score (nSPS) is 21.2. The van der Waals surface area contributed by atoms with Crippen LogP contribution in [0.25, 0.3) is 0 Å². The molecular weight excluding hydrogens is 328 g/mol. The van der Waals surface area contributed by atoms with Gasteiger partial charge in [-0.05, 0) is 32.6 Å². The van der Waals surface area contributed by atoms with Crippen molar-refractivity contribution < 1.29 is 4.79 Å². The quantitative estimate of drug-likeness (QED) is 0.920. The number of nitrogens with one attached hydrogen (secondary N) is 1. The summed E-state index contributed by atoms with van der Waals surface area (Å²) < 4.78 is 1.69. The Morgan fingerprint density at radius 1 is 1.38 bits per heavy atom. The zero-order valence-electron chi connectivity index (χ0n) is 13.7. The van der Waals surface area contributed by atoms with Crippen LogP contribution in [0.1, 0.15) is 66.6 Å². The van der Waals surface area contributed by atoms with Crippen molar-refractivity contribution >= 4 is 17.5 Å². The van der Waals surface area contributed by atoms with E-state index in [1.54, 1.807) is 10.9 Å². The van der Waals surface area contributed by atoms with E-state index >= 15 is 0 Å². The Bertz CT molecular complexity index is 750. The first-order valence-corrected chi connectivity index (χ1v) is 8.98. The molecule has 2 aromatic heterocycles. The second-order valence-corrected chi connectivity index (χ2v) is 7.03. The second kappa shape index (κ2) is 6.20. The number of rotatable bonds is 4. The highest BCUT2D eigenvalue weighted by molar-refractivity contribution is 6.33. The van der Waals surface area contributed by atoms with Gasteiger partial charge in [0.05, 0.1) is 5.02 Å². The van der Waals surface area contributed by atoms with Gasteiger partial charge in [0.15, 0.2) is 11.5 Å². The lowest BCUT2D eigenvalue weighted by molar-refractivity contribution is 0.0698. The van der Waals surface area contributed by atoms with Crippen LogP contribution in [-0.2, 0) is 6.54 Å². The zero-order valence-corrected chi connectivity index (χ0v) is 14.5. The van der Waals surface area contributed by atoms with Crippen LogP contribution in [0.4, 0.5) is 0 Å². The number of H-pyrrole nitrogens is 1. The minimum Gasteiger partial charge on any atom is -0.336 e. The van der Waals surface area contributed by atoms with Gasteiger partial charge in [-0.3, -0.25) is 14.6 Å². The van der Waals surface area contributed by atoms with Crippen molar-refractivity contribution in [3.8, 4) is 0 Å². The first-order chi connectivity index (χ1) is 11.7. The Hall–Kier alpha value is -1.89. The second-order valence-electron chi connectivity index (χ2n) is 6.62. The molecule has 2 fully saturated rings. The summed E-state index contributed by atoms with van der Waals surface area (Å²) in [6, 6.07) is 0. The molecule has 1 saturated heterocycles. The molecule has 24 heavy (non-hydrogen) atoms. The van der Waals surface area contributed by atoms with Gasteiger partial charge in [0.1, 0.15) is 5.82 Å². The minimum atomic E-state index is -0.102. The molecule has 0 spiro atoms. The van der Waals surface area contributed by atoms with Crippen molar-refractivity contribution in [2.45, 2.75) is 51.0 Å². The predicted octanol–water partition coefficient (Wildman–Crippen LogP) is 2.57. The first-order valence-electron chi connectivity index (χ1n) is 8.60. The summed E-state index contributed by atoms with van der Waals surface area (Å²) in [5, 5.41) is 12.1. The number of amides is 1. The van der Waals surface area contributed by atoms with Crippen molar-refractivity contribution in [1.82, 2.24) is 29.9 Å². The number of piperidine rings is 1. The van der Waals surface area contributed by atoms with Crippen LogP contribution in [0, 0.1) is 0 Å². The number of carbonyl (C=O) groups excluding carboxylic acids is 1. The molecule has 1 N–H and O–H groups in total. The van der Waals surface area contributed by atoms with Crippen LogP contribution < -0.4 is 0 Å². The molecule has 1 atom stereocenters. The lowest BCUT2D eigenvalue weighted by Crippen LogP contribution is -2.39. The summed E-state index contributed by atoms with van der Waals surface area (Å²) in [4.78, 5) is 19.2. The van der Waals surface area contributed by atoms with E-state index in [0.29, 0.717) is 29.7 Å². The number of hydrogen-bond acceptors (Lipinski definition) is 4. The Morgan fingerprint density at radius 3 is 2.92 bits per heavy atom. The van der Waals surface area contributed by atoms with E-state index in [9.17, 15) is 4.79 Å². The van der Waals surface area contributed by atoms with Crippen LogP contribution in [0.5, 0.6) is 0 Å². The number of aryl methyl sites for hydroxylation is 1. The largest absolute Gasteiger partial charge is 0.336 e. The third-order valence-corrected chi connectivity index (χ3v) is 5.08. The van der Waals surface area contributed by atoms with Crippen LogP contribution in [0.3, 0.4) is 0 Å². The van der Waals surface area contributed by atoms with Crippen molar-refractivity contribution in [3.63, 3.8) is 0 Å². The number of halogens is 1. The highest BCUT2D eigenvalue weighted by Gasteiger charge is 2.32. The Morgan fingerprint density at radius 2 is 2.21 bits per heavy atom. The van der Waals surface area contributed by atoms with Crippen LogP contribution in [0.2, 0.25) is 5.02 Å². The lowest BCUT2D eigenvalue weighted by atomic mass is 9.97. The molecule has 1 saturated carbocycles. The average molecular weight is 349 g/mol. The summed E-state index contributed by atoms with van der Waals surface area (Å²) >= 11 is 6.18. The smallest absolute Gasteiger partial charge is 0.275 e. The van der Waals surface area contributed by atoms with Gasteiger partial charge in [-0.1, -0.05) is 11.6 Å². The molecule has 8 heteroatoms. The van der Waals surface area contributed by atoms with Gasteiger partial charge in [0, 0.05) is 37.7 Å². The SMILES string of the molecule is CCn1cc(Cl)c(C(=O)N2CCCC(c3n[nH]c(C4CC4)n3)C2)n1. The standard InChI is InChI=1S/C16H21ClN6O/c1-2-23-9-12(17)13(21-23)16(24)22-7-3-4-11(8-22)15-18-14(19-20-15)10-5-6-10/h9-11H,2-8H2,1H3,(H,18,19,20). The lowest BCUT2D eigenvalue weighted by Gasteiger charge is -2.31. The maximum absolute atomic E-state index is 12.8. The van der Waals surface area contributed by atoms with Crippen molar-refractivity contribution in [2.24, 2.45) is 0 Å². The van der Waals surface area contributed by atoms with Crippen LogP contribution >= 0.6 is 11.6 Å². The van der Waals surface area contributed by atoms with Crippen molar-refractivity contribution in [1.29, 1.82) is 0 Å². The topological polar surface area (TPSA) is 79.7 Å². The van der Waals surface area contributed by atoms with Crippen molar-refractivity contribution in [2.75, 3.05) is 13.1 Å². The fourth-order valence-corrected chi connectivity index (χ4v) is 3.47. The third-order valence-electron chi connectivity index (χ3n) is 4.80. The van der Waals surface area contributed by atoms with Crippen LogP contribution in [-0.4, -0.2) is 48.9 Å². The molecule has 1 unspecified atom stereocenters. The monoisotopic (exact) mass is 348 g/mol. The number of aromatic nitrogens is 5. The summed E-state index contributed by atoms with van der Waals surface area (Å²) in [6.45, 7) is 4.01. The van der Waals surface area contributed by atoms with Gasteiger partial charge < -0.3 is 4.90 Å². The molecule has 0 bridgehead atoms. The molecular formula is C16H21ClN6O. The van der Waals surface area contributed by atoms with Gasteiger partial charge in [-0.15, -0.1) is 0 Å².